The normalized spacial score (nSPS) is 16.6. The van der Waals surface area contributed by atoms with Crippen LogP contribution in [0.5, 0.6) is 5.88 Å². The van der Waals surface area contributed by atoms with Gasteiger partial charge in [-0.15, -0.1) is 10.2 Å². The number of hydrogen-bond donors (Lipinski definition) is 1. The Morgan fingerprint density at radius 1 is 1.05 bits per heavy atom. The molecule has 38 heavy (non-hydrogen) atoms. The van der Waals surface area contributed by atoms with Crippen molar-refractivity contribution in [1.82, 2.24) is 20.2 Å². The van der Waals surface area contributed by atoms with Gasteiger partial charge in [-0.3, -0.25) is 9.59 Å². The van der Waals surface area contributed by atoms with Crippen LogP contribution in [0.3, 0.4) is 0 Å². The first-order chi connectivity index (χ1) is 18.5. The molecular weight excluding hydrogens is 488 g/mol. The summed E-state index contributed by atoms with van der Waals surface area (Å²) < 4.78 is 16.0. The fourth-order valence-corrected chi connectivity index (χ4v) is 5.20. The number of carbonyl (C=O) groups excluding carboxylic acids is 2. The molecule has 1 amide bonds. The SMILES string of the molecule is CCOC(=O)C1CC2(CCN(c3ccc(NC(=O)c4nnc(Cc5ccc(OCC)nc5)o4)cn3)CC2)C1. The van der Waals surface area contributed by atoms with Crippen molar-refractivity contribution in [3.63, 3.8) is 0 Å². The van der Waals surface area contributed by atoms with Gasteiger partial charge in [0.1, 0.15) is 5.82 Å². The quantitative estimate of drug-likeness (QED) is 0.417. The summed E-state index contributed by atoms with van der Waals surface area (Å²) >= 11 is 0. The van der Waals surface area contributed by atoms with Crippen molar-refractivity contribution >= 4 is 23.4 Å². The molecule has 0 atom stereocenters. The zero-order valence-electron chi connectivity index (χ0n) is 21.7. The highest BCUT2D eigenvalue weighted by molar-refractivity contribution is 6.00. The van der Waals surface area contributed by atoms with Gasteiger partial charge in [0.05, 0.1) is 37.4 Å². The van der Waals surface area contributed by atoms with Crippen LogP contribution in [0.4, 0.5) is 11.5 Å². The Morgan fingerprint density at radius 2 is 1.87 bits per heavy atom. The van der Waals surface area contributed by atoms with Gasteiger partial charge in [0, 0.05) is 25.4 Å². The number of aromatic nitrogens is 4. The number of ether oxygens (including phenoxy) is 2. The van der Waals surface area contributed by atoms with Crippen LogP contribution in [-0.2, 0) is 16.0 Å². The first kappa shape index (κ1) is 25.6. The molecule has 1 spiro atoms. The fraction of sp³-hybridized carbons (Fsp3) is 0.481. The summed E-state index contributed by atoms with van der Waals surface area (Å²) in [6.07, 6.45) is 7.58. The molecule has 2 aliphatic rings. The summed E-state index contributed by atoms with van der Waals surface area (Å²) in [7, 11) is 0. The molecule has 11 nitrogen and oxygen atoms in total. The third kappa shape index (κ3) is 5.76. The van der Waals surface area contributed by atoms with E-state index in [4.69, 9.17) is 13.9 Å². The molecule has 2 fully saturated rings. The molecule has 4 heterocycles. The zero-order valence-corrected chi connectivity index (χ0v) is 21.7. The Balaban J connectivity index is 1.10. The molecule has 0 bridgehead atoms. The third-order valence-corrected chi connectivity index (χ3v) is 7.24. The van der Waals surface area contributed by atoms with Gasteiger partial charge in [0.15, 0.2) is 0 Å². The standard InChI is InChI=1S/C27H32N6O5/c1-3-36-22-8-5-18(16-29-22)13-23-31-32-25(38-23)24(34)30-20-6-7-21(28-17-20)33-11-9-27(10-12-33)14-19(15-27)26(35)37-4-2/h5-8,16-17,19H,3-4,9-15H2,1-2H3,(H,30,34). The van der Waals surface area contributed by atoms with Crippen LogP contribution in [-0.4, -0.2) is 58.3 Å². The van der Waals surface area contributed by atoms with Crippen molar-refractivity contribution in [1.29, 1.82) is 0 Å². The third-order valence-electron chi connectivity index (χ3n) is 7.24. The molecule has 0 unspecified atom stereocenters. The molecule has 1 aliphatic heterocycles. The van der Waals surface area contributed by atoms with Gasteiger partial charge in [0.2, 0.25) is 11.8 Å². The van der Waals surface area contributed by atoms with E-state index in [0.717, 1.165) is 50.2 Å². The van der Waals surface area contributed by atoms with Crippen molar-refractivity contribution in [2.45, 2.75) is 46.0 Å². The van der Waals surface area contributed by atoms with Crippen LogP contribution in [0.15, 0.2) is 41.1 Å². The Kier molecular flexibility index (Phi) is 7.52. The van der Waals surface area contributed by atoms with Gasteiger partial charge < -0.3 is 24.1 Å². The lowest BCUT2D eigenvalue weighted by molar-refractivity contribution is -0.157. The molecule has 3 aromatic rings. The molecule has 1 saturated heterocycles. The topological polar surface area (TPSA) is 133 Å². The van der Waals surface area contributed by atoms with E-state index in [1.165, 1.54) is 0 Å². The summed E-state index contributed by atoms with van der Waals surface area (Å²) in [6.45, 7) is 6.52. The Bertz CT molecular complexity index is 1240. The average molecular weight is 521 g/mol. The minimum Gasteiger partial charge on any atom is -0.478 e. The smallest absolute Gasteiger partial charge is 0.313 e. The maximum Gasteiger partial charge on any atom is 0.313 e. The van der Waals surface area contributed by atoms with Crippen LogP contribution in [0.2, 0.25) is 0 Å². The van der Waals surface area contributed by atoms with Crippen LogP contribution in [0, 0.1) is 11.3 Å². The van der Waals surface area contributed by atoms with E-state index in [9.17, 15) is 9.59 Å². The Hall–Kier alpha value is -4.02. The first-order valence-electron chi connectivity index (χ1n) is 13.1. The molecular formula is C27H32N6O5. The van der Waals surface area contributed by atoms with E-state index in [2.05, 4.69) is 30.4 Å². The van der Waals surface area contributed by atoms with Gasteiger partial charge in [-0.2, -0.15) is 0 Å². The van der Waals surface area contributed by atoms with E-state index in [1.807, 2.05) is 32.0 Å². The lowest BCUT2D eigenvalue weighted by atomic mass is 9.57. The van der Waals surface area contributed by atoms with Gasteiger partial charge in [-0.1, -0.05) is 6.07 Å². The maximum absolute atomic E-state index is 12.6. The van der Waals surface area contributed by atoms with Crippen molar-refractivity contribution < 1.29 is 23.5 Å². The second-order valence-corrected chi connectivity index (χ2v) is 9.82. The highest BCUT2D eigenvalue weighted by Gasteiger charge is 2.49. The zero-order chi connectivity index (χ0) is 26.5. The van der Waals surface area contributed by atoms with Gasteiger partial charge in [0.25, 0.3) is 0 Å². The molecule has 200 valence electrons. The maximum atomic E-state index is 12.6. The number of esters is 1. The minimum atomic E-state index is -0.496. The van der Waals surface area contributed by atoms with Crippen molar-refractivity contribution in [3.05, 3.63) is 54.0 Å². The van der Waals surface area contributed by atoms with E-state index in [0.29, 0.717) is 37.1 Å². The van der Waals surface area contributed by atoms with E-state index < -0.39 is 5.91 Å². The summed E-state index contributed by atoms with van der Waals surface area (Å²) in [5, 5.41) is 10.6. The Morgan fingerprint density at radius 3 is 2.53 bits per heavy atom. The number of anilines is 2. The lowest BCUT2D eigenvalue weighted by Crippen LogP contribution is -2.49. The second-order valence-electron chi connectivity index (χ2n) is 9.82. The van der Waals surface area contributed by atoms with Gasteiger partial charge >= 0.3 is 17.8 Å². The summed E-state index contributed by atoms with van der Waals surface area (Å²) in [6, 6.07) is 7.35. The average Bonchev–Trinajstić information content (AvgIpc) is 3.38. The highest BCUT2D eigenvalue weighted by atomic mass is 16.5. The van der Waals surface area contributed by atoms with E-state index >= 15 is 0 Å². The number of amides is 1. The van der Waals surface area contributed by atoms with Crippen molar-refractivity contribution in [3.8, 4) is 5.88 Å². The monoisotopic (exact) mass is 520 g/mol. The van der Waals surface area contributed by atoms with Crippen LogP contribution in [0.25, 0.3) is 0 Å². The first-order valence-corrected chi connectivity index (χ1v) is 13.1. The van der Waals surface area contributed by atoms with E-state index in [1.54, 1.807) is 18.5 Å². The van der Waals surface area contributed by atoms with Crippen molar-refractivity contribution in [2.24, 2.45) is 11.3 Å². The number of hydrogen-bond acceptors (Lipinski definition) is 10. The van der Waals surface area contributed by atoms with Crippen molar-refractivity contribution in [2.75, 3.05) is 36.5 Å². The molecule has 1 aliphatic carbocycles. The molecule has 5 rings (SSSR count). The molecule has 0 radical (unpaired) electrons. The minimum absolute atomic E-state index is 0.0541. The van der Waals surface area contributed by atoms with Gasteiger partial charge in [-0.25, -0.2) is 9.97 Å². The summed E-state index contributed by atoms with van der Waals surface area (Å²) in [5.74, 6) is 1.12. The highest BCUT2D eigenvalue weighted by Crippen LogP contribution is 2.53. The van der Waals surface area contributed by atoms with Crippen LogP contribution in [0.1, 0.15) is 61.7 Å². The molecule has 1 saturated carbocycles. The molecule has 0 aromatic carbocycles. The number of piperidine rings is 1. The second kappa shape index (κ2) is 11.2. The number of rotatable bonds is 9. The predicted molar refractivity (Wildman–Crippen MR) is 138 cm³/mol. The predicted octanol–water partition coefficient (Wildman–Crippen LogP) is 3.66. The van der Waals surface area contributed by atoms with Gasteiger partial charge in [-0.05, 0) is 62.6 Å². The molecule has 3 aromatic heterocycles. The molecule has 11 heteroatoms. The van der Waals surface area contributed by atoms with E-state index in [-0.39, 0.29) is 23.2 Å². The summed E-state index contributed by atoms with van der Waals surface area (Å²) in [5.41, 5.74) is 1.66. The largest absolute Gasteiger partial charge is 0.478 e. The fourth-order valence-electron chi connectivity index (χ4n) is 5.20. The molecule has 1 N–H and O–H groups in total. The number of pyridine rings is 2. The number of nitrogens with one attached hydrogen (secondary N) is 1. The number of carbonyl (C=O) groups is 2. The Labute approximate surface area is 221 Å². The van der Waals surface area contributed by atoms with Crippen LogP contribution < -0.4 is 15.0 Å². The summed E-state index contributed by atoms with van der Waals surface area (Å²) in [4.78, 5) is 35.6. The van der Waals surface area contributed by atoms with Crippen LogP contribution >= 0.6 is 0 Å². The number of nitrogens with zero attached hydrogens (tertiary/aromatic N) is 5. The lowest BCUT2D eigenvalue weighted by Gasteiger charge is -2.51.